The van der Waals surface area contributed by atoms with Gasteiger partial charge in [0.05, 0.1) is 18.8 Å². The van der Waals surface area contributed by atoms with E-state index in [0.717, 1.165) is 0 Å². The van der Waals surface area contributed by atoms with Crippen LogP contribution >= 0.6 is 0 Å². The molecule has 0 spiro atoms. The molecule has 1 saturated heterocycles. The maximum Gasteiger partial charge on any atom is 0.410 e. The van der Waals surface area contributed by atoms with Gasteiger partial charge in [-0.1, -0.05) is 20.8 Å². The molecule has 26 heavy (non-hydrogen) atoms. The Kier molecular flexibility index (Phi) is 7.29. The number of carbonyl (C=O) groups is 2. The molecule has 0 saturated carbocycles. The highest BCUT2D eigenvalue weighted by molar-refractivity contribution is 6.74. The minimum atomic E-state index is -1.97. The normalized spacial score (nSPS) is 21.8. The molecule has 1 aliphatic rings. The largest absolute Gasteiger partial charge is 0.480 e. The van der Waals surface area contributed by atoms with Crippen molar-refractivity contribution in [3.05, 3.63) is 0 Å². The highest BCUT2D eigenvalue weighted by atomic mass is 28.4. The number of nitrogens with zero attached hydrogens (tertiary/aromatic N) is 1. The number of carboxylic acids is 1. The molecule has 1 fully saturated rings. The molecule has 0 radical (unpaired) electrons. The molecule has 0 aromatic carbocycles. The predicted molar refractivity (Wildman–Crippen MR) is 102 cm³/mol. The van der Waals surface area contributed by atoms with Crippen molar-refractivity contribution in [1.82, 2.24) is 4.90 Å². The van der Waals surface area contributed by atoms with Gasteiger partial charge in [0, 0.05) is 6.54 Å². The first-order valence-corrected chi connectivity index (χ1v) is 12.0. The van der Waals surface area contributed by atoms with Gasteiger partial charge in [-0.25, -0.2) is 9.59 Å². The third-order valence-corrected chi connectivity index (χ3v) is 9.34. The van der Waals surface area contributed by atoms with Crippen molar-refractivity contribution in [1.29, 1.82) is 0 Å². The lowest BCUT2D eigenvalue weighted by molar-refractivity contribution is -0.142. The zero-order valence-corrected chi connectivity index (χ0v) is 18.4. The SMILES string of the molecule is CC(C)(C)OC(=O)N1C[C@H](O[Si](C)(C)C(C)(C)C)C[C@H]1COCC(=O)O. The van der Waals surface area contributed by atoms with E-state index in [4.69, 9.17) is 19.0 Å². The Balaban J connectivity index is 2.83. The molecule has 1 N–H and O–H groups in total. The lowest BCUT2D eigenvalue weighted by atomic mass is 10.2. The Morgan fingerprint density at radius 2 is 1.73 bits per heavy atom. The maximum absolute atomic E-state index is 12.6. The molecule has 0 aromatic rings. The third-order valence-electron chi connectivity index (χ3n) is 4.81. The number of rotatable bonds is 6. The van der Waals surface area contributed by atoms with Gasteiger partial charge in [0.15, 0.2) is 8.32 Å². The first kappa shape index (κ1) is 22.9. The molecule has 152 valence electrons. The first-order chi connectivity index (χ1) is 11.6. The molecule has 1 heterocycles. The van der Waals surface area contributed by atoms with Crippen molar-refractivity contribution in [2.45, 2.75) is 83.8 Å². The summed E-state index contributed by atoms with van der Waals surface area (Å²) in [5.41, 5.74) is -0.595. The van der Waals surface area contributed by atoms with Crippen LogP contribution in [0.4, 0.5) is 4.79 Å². The zero-order valence-electron chi connectivity index (χ0n) is 17.4. The lowest BCUT2D eigenvalue weighted by Crippen LogP contribution is -2.45. The summed E-state index contributed by atoms with van der Waals surface area (Å²) < 4.78 is 17.2. The van der Waals surface area contributed by atoms with Gasteiger partial charge in [-0.2, -0.15) is 0 Å². The van der Waals surface area contributed by atoms with Crippen LogP contribution in [0.5, 0.6) is 0 Å². The van der Waals surface area contributed by atoms with Gasteiger partial charge < -0.3 is 23.9 Å². The summed E-state index contributed by atoms with van der Waals surface area (Å²) >= 11 is 0. The predicted octanol–water partition coefficient (Wildman–Crippen LogP) is 3.49. The lowest BCUT2D eigenvalue weighted by Gasteiger charge is -2.38. The summed E-state index contributed by atoms with van der Waals surface area (Å²) in [4.78, 5) is 24.9. The number of carboxylic acid groups (broad SMARTS) is 1. The second-order valence-electron chi connectivity index (χ2n) is 9.43. The number of aliphatic carboxylic acids is 1. The fourth-order valence-corrected chi connectivity index (χ4v) is 3.89. The number of ether oxygens (including phenoxy) is 2. The van der Waals surface area contributed by atoms with Crippen molar-refractivity contribution in [2.75, 3.05) is 19.8 Å². The van der Waals surface area contributed by atoms with E-state index in [2.05, 4.69) is 33.9 Å². The van der Waals surface area contributed by atoms with Crippen LogP contribution in [0.2, 0.25) is 18.1 Å². The maximum atomic E-state index is 12.6. The zero-order chi connectivity index (χ0) is 20.3. The second kappa shape index (κ2) is 8.27. The van der Waals surface area contributed by atoms with Gasteiger partial charge in [0.2, 0.25) is 0 Å². The fraction of sp³-hybridized carbons (Fsp3) is 0.889. The first-order valence-electron chi connectivity index (χ1n) is 9.09. The highest BCUT2D eigenvalue weighted by Crippen LogP contribution is 2.39. The summed E-state index contributed by atoms with van der Waals surface area (Å²) in [5, 5.41) is 8.83. The molecule has 0 aromatic heterocycles. The van der Waals surface area contributed by atoms with Gasteiger partial charge in [0.1, 0.15) is 12.2 Å². The molecule has 7 nitrogen and oxygen atoms in total. The monoisotopic (exact) mass is 389 g/mol. The topological polar surface area (TPSA) is 85.3 Å². The number of hydrogen-bond acceptors (Lipinski definition) is 5. The smallest absolute Gasteiger partial charge is 0.410 e. The number of amides is 1. The van der Waals surface area contributed by atoms with Crippen LogP contribution in [0.3, 0.4) is 0 Å². The molecule has 0 aliphatic carbocycles. The van der Waals surface area contributed by atoms with Crippen LogP contribution in [0.1, 0.15) is 48.0 Å². The van der Waals surface area contributed by atoms with Gasteiger partial charge in [0.25, 0.3) is 0 Å². The standard InChI is InChI=1S/C18H35NO6Si/c1-17(2,3)24-16(22)19-10-14(25-26(7,8)18(4,5)6)9-13(19)11-23-12-15(20)21/h13-14H,9-12H2,1-8H3,(H,20,21)/t13-,14+/m0/s1. The third kappa shape index (κ3) is 6.89. The van der Waals surface area contributed by atoms with Crippen molar-refractivity contribution < 1.29 is 28.6 Å². The van der Waals surface area contributed by atoms with E-state index in [9.17, 15) is 9.59 Å². The summed E-state index contributed by atoms with van der Waals surface area (Å²) in [6.45, 7) is 16.5. The molecule has 1 rings (SSSR count). The highest BCUT2D eigenvalue weighted by Gasteiger charge is 2.44. The Hall–Kier alpha value is -1.12. The minimum Gasteiger partial charge on any atom is -0.480 e. The molecule has 0 bridgehead atoms. The molecule has 1 amide bonds. The molecule has 8 heteroatoms. The van der Waals surface area contributed by atoms with Crippen LogP contribution in [0.25, 0.3) is 0 Å². The molecule has 1 aliphatic heterocycles. The quantitative estimate of drug-likeness (QED) is 0.700. The van der Waals surface area contributed by atoms with Gasteiger partial charge in [-0.15, -0.1) is 0 Å². The van der Waals surface area contributed by atoms with E-state index >= 15 is 0 Å². The van der Waals surface area contributed by atoms with Crippen LogP contribution in [0.15, 0.2) is 0 Å². The van der Waals surface area contributed by atoms with E-state index in [1.165, 1.54) is 0 Å². The average Bonchev–Trinajstić information content (AvgIpc) is 2.77. The fourth-order valence-electron chi connectivity index (χ4n) is 2.54. The summed E-state index contributed by atoms with van der Waals surface area (Å²) in [6.07, 6.45) is 0.107. The Labute approximate surface area is 158 Å². The van der Waals surface area contributed by atoms with E-state index in [1.54, 1.807) is 4.90 Å². The number of carbonyl (C=O) groups excluding carboxylic acids is 1. The summed E-state index contributed by atoms with van der Waals surface area (Å²) in [6, 6.07) is -0.251. The van der Waals surface area contributed by atoms with Gasteiger partial charge in [-0.05, 0) is 45.3 Å². The minimum absolute atomic E-state index is 0.0711. The van der Waals surface area contributed by atoms with Crippen LogP contribution < -0.4 is 0 Å². The van der Waals surface area contributed by atoms with E-state index < -0.39 is 26.0 Å². The Morgan fingerprint density at radius 1 is 1.15 bits per heavy atom. The number of hydrogen-bond donors (Lipinski definition) is 1. The Morgan fingerprint density at radius 3 is 2.19 bits per heavy atom. The van der Waals surface area contributed by atoms with Crippen molar-refractivity contribution in [3.8, 4) is 0 Å². The van der Waals surface area contributed by atoms with Gasteiger partial charge in [-0.3, -0.25) is 0 Å². The van der Waals surface area contributed by atoms with E-state index in [-0.39, 0.29) is 30.4 Å². The Bertz CT molecular complexity index is 509. The number of likely N-dealkylation sites (tertiary alicyclic amines) is 1. The van der Waals surface area contributed by atoms with E-state index in [1.807, 2.05) is 20.8 Å². The van der Waals surface area contributed by atoms with Crippen LogP contribution in [-0.2, 0) is 18.7 Å². The van der Waals surface area contributed by atoms with Crippen molar-refractivity contribution >= 4 is 20.4 Å². The molecule has 0 unspecified atom stereocenters. The second-order valence-corrected chi connectivity index (χ2v) is 14.2. The van der Waals surface area contributed by atoms with Gasteiger partial charge >= 0.3 is 12.1 Å². The molecule has 2 atom stereocenters. The summed E-state index contributed by atoms with van der Waals surface area (Å²) in [7, 11) is -1.97. The molecular weight excluding hydrogens is 354 g/mol. The van der Waals surface area contributed by atoms with Crippen LogP contribution in [-0.4, -0.2) is 67.9 Å². The van der Waals surface area contributed by atoms with Crippen molar-refractivity contribution in [2.24, 2.45) is 0 Å². The summed E-state index contributed by atoms with van der Waals surface area (Å²) in [5.74, 6) is -1.03. The average molecular weight is 390 g/mol. The molecular formula is C18H35NO6Si. The van der Waals surface area contributed by atoms with Crippen molar-refractivity contribution in [3.63, 3.8) is 0 Å². The van der Waals surface area contributed by atoms with Crippen LogP contribution in [0, 0.1) is 0 Å². The van der Waals surface area contributed by atoms with E-state index in [0.29, 0.717) is 13.0 Å².